The molecule has 0 radical (unpaired) electrons. The van der Waals surface area contributed by atoms with Gasteiger partial charge in [-0.15, -0.1) is 0 Å². The first-order valence-corrected chi connectivity index (χ1v) is 8.61. The largest absolute Gasteiger partial charge is 0.397 e. The summed E-state index contributed by atoms with van der Waals surface area (Å²) in [4.78, 5) is 2.56. The summed E-state index contributed by atoms with van der Waals surface area (Å²) in [6.45, 7) is 4.26. The van der Waals surface area contributed by atoms with Crippen molar-refractivity contribution in [3.63, 3.8) is 0 Å². The Bertz CT molecular complexity index is 555. The molecule has 0 spiro atoms. The van der Waals surface area contributed by atoms with Crippen LogP contribution in [0.4, 0.5) is 11.4 Å². The molecule has 0 aliphatic carbocycles. The van der Waals surface area contributed by atoms with Crippen LogP contribution in [0.25, 0.3) is 0 Å². The highest BCUT2D eigenvalue weighted by Crippen LogP contribution is 2.29. The molecule has 5 heteroatoms. The first-order valence-electron chi connectivity index (χ1n) is 6.72. The lowest BCUT2D eigenvalue weighted by Crippen LogP contribution is -2.25. The van der Waals surface area contributed by atoms with Gasteiger partial charge in [0.15, 0.2) is 9.84 Å². The minimum atomic E-state index is -3.19. The van der Waals surface area contributed by atoms with E-state index in [2.05, 4.69) is 11.8 Å². The van der Waals surface area contributed by atoms with Crippen LogP contribution in [0.15, 0.2) is 23.1 Å². The first kappa shape index (κ1) is 14.2. The van der Waals surface area contributed by atoms with Crippen molar-refractivity contribution in [2.45, 2.75) is 31.1 Å². The number of nitrogens with two attached hydrogens (primary N) is 1. The van der Waals surface area contributed by atoms with Gasteiger partial charge in [0, 0.05) is 19.3 Å². The molecule has 1 aliphatic rings. The second-order valence-corrected chi connectivity index (χ2v) is 7.53. The van der Waals surface area contributed by atoms with Gasteiger partial charge in [0.2, 0.25) is 0 Å². The number of nitrogens with zero attached hydrogens (tertiary/aromatic N) is 1. The van der Waals surface area contributed by atoms with E-state index in [9.17, 15) is 8.42 Å². The quantitative estimate of drug-likeness (QED) is 0.845. The van der Waals surface area contributed by atoms with E-state index in [0.29, 0.717) is 5.69 Å². The summed E-state index contributed by atoms with van der Waals surface area (Å²) < 4.78 is 23.0. The molecule has 1 saturated heterocycles. The Hall–Kier alpha value is -1.23. The molecule has 1 fully saturated rings. The molecule has 1 heterocycles. The fourth-order valence-corrected chi connectivity index (χ4v) is 3.21. The molecular formula is C14H22N2O2S. The number of sulfone groups is 1. The van der Waals surface area contributed by atoms with Crippen LogP contribution >= 0.6 is 0 Å². The highest BCUT2D eigenvalue weighted by Gasteiger charge is 2.17. The highest BCUT2D eigenvalue weighted by molar-refractivity contribution is 7.90. The van der Waals surface area contributed by atoms with Gasteiger partial charge in [0.05, 0.1) is 16.3 Å². The summed E-state index contributed by atoms with van der Waals surface area (Å²) in [6, 6.07) is 5.05. The van der Waals surface area contributed by atoms with Gasteiger partial charge in [-0.3, -0.25) is 0 Å². The molecule has 106 valence electrons. The van der Waals surface area contributed by atoms with Gasteiger partial charge in [-0.2, -0.15) is 0 Å². The molecule has 1 aromatic rings. The maximum absolute atomic E-state index is 11.5. The molecule has 2 rings (SSSR count). The van der Waals surface area contributed by atoms with Crippen LogP contribution < -0.4 is 10.6 Å². The third kappa shape index (κ3) is 3.41. The molecule has 1 aromatic carbocycles. The zero-order valence-corrected chi connectivity index (χ0v) is 12.4. The van der Waals surface area contributed by atoms with Gasteiger partial charge >= 0.3 is 0 Å². The SMILES string of the molecule is CC1CCCN(c2ccc(S(C)(=O)=O)cc2N)CC1. The minimum absolute atomic E-state index is 0.289. The Morgan fingerprint density at radius 3 is 2.63 bits per heavy atom. The van der Waals surface area contributed by atoms with Crippen molar-refractivity contribution >= 4 is 21.2 Å². The Labute approximate surface area is 115 Å². The fraction of sp³-hybridized carbons (Fsp3) is 0.571. The molecule has 19 heavy (non-hydrogen) atoms. The van der Waals surface area contributed by atoms with Gasteiger partial charge in [0.1, 0.15) is 0 Å². The van der Waals surface area contributed by atoms with Crippen LogP contribution in [0.3, 0.4) is 0 Å². The van der Waals surface area contributed by atoms with Crippen LogP contribution in [0, 0.1) is 5.92 Å². The average Bonchev–Trinajstić information content (AvgIpc) is 2.53. The predicted octanol–water partition coefficient (Wildman–Crippen LogP) is 2.30. The number of nitrogen functional groups attached to an aromatic ring is 1. The maximum Gasteiger partial charge on any atom is 0.175 e. The number of benzene rings is 1. The zero-order chi connectivity index (χ0) is 14.0. The molecule has 1 unspecified atom stereocenters. The van der Waals surface area contributed by atoms with Crippen molar-refractivity contribution in [1.82, 2.24) is 0 Å². The molecule has 2 N–H and O–H groups in total. The third-order valence-corrected chi connectivity index (χ3v) is 4.89. The second kappa shape index (κ2) is 5.41. The maximum atomic E-state index is 11.5. The van der Waals surface area contributed by atoms with Crippen molar-refractivity contribution in [3.05, 3.63) is 18.2 Å². The van der Waals surface area contributed by atoms with E-state index < -0.39 is 9.84 Å². The highest BCUT2D eigenvalue weighted by atomic mass is 32.2. The fourth-order valence-electron chi connectivity index (χ4n) is 2.56. The van der Waals surface area contributed by atoms with Crippen LogP contribution in [0.5, 0.6) is 0 Å². The van der Waals surface area contributed by atoms with Crippen molar-refractivity contribution < 1.29 is 8.42 Å². The van der Waals surface area contributed by atoms with Gasteiger partial charge in [-0.1, -0.05) is 6.92 Å². The van der Waals surface area contributed by atoms with Gasteiger partial charge in [-0.25, -0.2) is 8.42 Å². The Balaban J connectivity index is 2.26. The van der Waals surface area contributed by atoms with Crippen molar-refractivity contribution in [3.8, 4) is 0 Å². The number of hydrogen-bond acceptors (Lipinski definition) is 4. The second-order valence-electron chi connectivity index (χ2n) is 5.52. The lowest BCUT2D eigenvalue weighted by atomic mass is 10.0. The number of rotatable bonds is 2. The van der Waals surface area contributed by atoms with Gasteiger partial charge in [0.25, 0.3) is 0 Å². The summed E-state index contributed by atoms with van der Waals surface area (Å²) in [5.74, 6) is 0.751. The Kier molecular flexibility index (Phi) is 4.04. The molecule has 4 nitrogen and oxygen atoms in total. The topological polar surface area (TPSA) is 63.4 Å². The van der Waals surface area contributed by atoms with E-state index >= 15 is 0 Å². The molecule has 0 saturated carbocycles. The normalized spacial score (nSPS) is 21.2. The summed E-state index contributed by atoms with van der Waals surface area (Å²) in [5, 5.41) is 0. The molecule has 0 amide bonds. The van der Waals surface area contributed by atoms with E-state index in [4.69, 9.17) is 5.73 Å². The van der Waals surface area contributed by atoms with Crippen LogP contribution in [-0.2, 0) is 9.84 Å². The number of hydrogen-bond donors (Lipinski definition) is 1. The Morgan fingerprint density at radius 1 is 1.26 bits per heavy atom. The molecule has 0 aromatic heterocycles. The van der Waals surface area contributed by atoms with E-state index in [1.54, 1.807) is 12.1 Å². The van der Waals surface area contributed by atoms with Crippen molar-refractivity contribution in [2.24, 2.45) is 5.92 Å². The number of anilines is 2. The lowest BCUT2D eigenvalue weighted by Gasteiger charge is -2.24. The standard InChI is InChI=1S/C14H22N2O2S/c1-11-4-3-8-16(9-7-11)14-6-5-12(10-13(14)15)19(2,17)18/h5-6,10-11H,3-4,7-9,15H2,1-2H3. The van der Waals surface area contributed by atoms with E-state index in [0.717, 1.165) is 37.5 Å². The summed E-state index contributed by atoms with van der Waals surface area (Å²) in [6.07, 6.45) is 4.77. The van der Waals surface area contributed by atoms with Crippen LogP contribution in [0.1, 0.15) is 26.2 Å². The summed E-state index contributed by atoms with van der Waals surface area (Å²) >= 11 is 0. The average molecular weight is 282 g/mol. The lowest BCUT2D eigenvalue weighted by molar-refractivity contribution is 0.521. The zero-order valence-electron chi connectivity index (χ0n) is 11.6. The monoisotopic (exact) mass is 282 g/mol. The van der Waals surface area contributed by atoms with E-state index in [1.165, 1.54) is 12.7 Å². The molecular weight excluding hydrogens is 260 g/mol. The smallest absolute Gasteiger partial charge is 0.175 e. The summed E-state index contributed by atoms with van der Waals surface area (Å²) in [7, 11) is -3.19. The first-order chi connectivity index (χ1) is 8.88. The van der Waals surface area contributed by atoms with Crippen LogP contribution in [-0.4, -0.2) is 27.8 Å². The molecule has 0 bridgehead atoms. The molecule has 1 aliphatic heterocycles. The van der Waals surface area contributed by atoms with E-state index in [1.807, 2.05) is 6.07 Å². The summed E-state index contributed by atoms with van der Waals surface area (Å²) in [5.41, 5.74) is 7.54. The van der Waals surface area contributed by atoms with Gasteiger partial charge < -0.3 is 10.6 Å². The minimum Gasteiger partial charge on any atom is -0.397 e. The predicted molar refractivity (Wildman–Crippen MR) is 79.2 cm³/mol. The molecule has 1 atom stereocenters. The Morgan fingerprint density at radius 2 is 2.00 bits per heavy atom. The van der Waals surface area contributed by atoms with Gasteiger partial charge in [-0.05, 0) is 43.4 Å². The van der Waals surface area contributed by atoms with Crippen molar-refractivity contribution in [1.29, 1.82) is 0 Å². The van der Waals surface area contributed by atoms with Crippen LogP contribution in [0.2, 0.25) is 0 Å². The third-order valence-electron chi connectivity index (χ3n) is 3.78. The van der Waals surface area contributed by atoms with Crippen molar-refractivity contribution in [2.75, 3.05) is 30.0 Å². The van der Waals surface area contributed by atoms with E-state index in [-0.39, 0.29) is 4.90 Å².